The van der Waals surface area contributed by atoms with Gasteiger partial charge in [0.25, 0.3) is 5.56 Å². The van der Waals surface area contributed by atoms with E-state index in [-0.39, 0.29) is 11.2 Å². The molecular weight excluding hydrogens is 242 g/mol. The summed E-state index contributed by atoms with van der Waals surface area (Å²) in [6, 6.07) is 0.585. The molecule has 5 heteroatoms. The summed E-state index contributed by atoms with van der Waals surface area (Å²) in [5, 5.41) is 3.52. The van der Waals surface area contributed by atoms with Crippen molar-refractivity contribution in [1.82, 2.24) is 14.9 Å². The van der Waals surface area contributed by atoms with Gasteiger partial charge >= 0.3 is 5.69 Å². The standard InChI is InChI=1S/C14H23N3O2/c1-11-10-17(14(19)16-13(11)18)9-8-15-12-6-4-2-3-5-7-12/h10,12,15H,2-9H2,1H3,(H,16,18,19). The van der Waals surface area contributed by atoms with Crippen LogP contribution in [-0.2, 0) is 6.54 Å². The van der Waals surface area contributed by atoms with Crippen molar-refractivity contribution in [2.75, 3.05) is 6.54 Å². The van der Waals surface area contributed by atoms with Gasteiger partial charge in [-0.2, -0.15) is 0 Å². The minimum Gasteiger partial charge on any atom is -0.312 e. The van der Waals surface area contributed by atoms with Crippen LogP contribution in [0.3, 0.4) is 0 Å². The summed E-state index contributed by atoms with van der Waals surface area (Å²) in [7, 11) is 0. The maximum Gasteiger partial charge on any atom is 0.328 e. The summed E-state index contributed by atoms with van der Waals surface area (Å²) in [6.45, 7) is 3.09. The molecule has 2 N–H and O–H groups in total. The zero-order valence-electron chi connectivity index (χ0n) is 11.6. The molecule has 0 saturated heterocycles. The van der Waals surface area contributed by atoms with E-state index < -0.39 is 0 Å². The van der Waals surface area contributed by atoms with Crippen LogP contribution in [0, 0.1) is 6.92 Å². The number of hydrogen-bond donors (Lipinski definition) is 2. The number of nitrogens with one attached hydrogen (secondary N) is 2. The number of hydrogen-bond acceptors (Lipinski definition) is 3. The molecule has 2 rings (SSSR count). The fraction of sp³-hybridized carbons (Fsp3) is 0.714. The summed E-state index contributed by atoms with van der Waals surface area (Å²) in [5.41, 5.74) is -0.0367. The average Bonchev–Trinajstić information content (AvgIpc) is 2.64. The third-order valence-electron chi connectivity index (χ3n) is 3.83. The molecule has 0 aliphatic heterocycles. The van der Waals surface area contributed by atoms with E-state index in [1.54, 1.807) is 17.7 Å². The predicted molar refractivity (Wildman–Crippen MR) is 75.6 cm³/mol. The zero-order chi connectivity index (χ0) is 13.7. The Bertz CT molecular complexity index is 510. The lowest BCUT2D eigenvalue weighted by Gasteiger charge is -2.16. The van der Waals surface area contributed by atoms with Crippen molar-refractivity contribution in [3.63, 3.8) is 0 Å². The molecule has 0 radical (unpaired) electrons. The topological polar surface area (TPSA) is 66.9 Å². The normalized spacial score (nSPS) is 17.3. The molecule has 1 saturated carbocycles. The first-order valence-corrected chi connectivity index (χ1v) is 7.20. The molecule has 0 spiro atoms. The number of aromatic amines is 1. The van der Waals surface area contributed by atoms with E-state index in [0.29, 0.717) is 18.2 Å². The molecule has 1 aliphatic carbocycles. The fourth-order valence-electron chi connectivity index (χ4n) is 2.66. The van der Waals surface area contributed by atoms with Crippen molar-refractivity contribution in [2.45, 2.75) is 58.0 Å². The fourth-order valence-corrected chi connectivity index (χ4v) is 2.66. The molecule has 0 bridgehead atoms. The molecule has 106 valence electrons. The highest BCUT2D eigenvalue weighted by Crippen LogP contribution is 2.16. The molecule has 1 heterocycles. The van der Waals surface area contributed by atoms with E-state index >= 15 is 0 Å². The Morgan fingerprint density at radius 2 is 1.95 bits per heavy atom. The molecule has 0 unspecified atom stereocenters. The van der Waals surface area contributed by atoms with Crippen molar-refractivity contribution in [2.24, 2.45) is 0 Å². The van der Waals surface area contributed by atoms with Crippen molar-refractivity contribution < 1.29 is 0 Å². The van der Waals surface area contributed by atoms with Gasteiger partial charge in [-0.1, -0.05) is 25.7 Å². The van der Waals surface area contributed by atoms with E-state index in [1.807, 2.05) is 0 Å². The van der Waals surface area contributed by atoms with Gasteiger partial charge in [0.05, 0.1) is 0 Å². The summed E-state index contributed by atoms with van der Waals surface area (Å²) in [5.74, 6) is 0. The van der Waals surface area contributed by atoms with Crippen LogP contribution in [-0.4, -0.2) is 22.1 Å². The van der Waals surface area contributed by atoms with E-state index in [2.05, 4.69) is 10.3 Å². The average molecular weight is 265 g/mol. The minimum absolute atomic E-state index is 0.294. The molecule has 0 aromatic carbocycles. The van der Waals surface area contributed by atoms with Crippen LogP contribution in [0.15, 0.2) is 15.8 Å². The Morgan fingerprint density at radius 3 is 2.63 bits per heavy atom. The van der Waals surface area contributed by atoms with Gasteiger partial charge < -0.3 is 5.32 Å². The quantitative estimate of drug-likeness (QED) is 0.803. The van der Waals surface area contributed by atoms with E-state index in [9.17, 15) is 9.59 Å². The number of aryl methyl sites for hydroxylation is 1. The highest BCUT2D eigenvalue weighted by molar-refractivity contribution is 5.00. The van der Waals surface area contributed by atoms with Crippen molar-refractivity contribution in [1.29, 1.82) is 0 Å². The van der Waals surface area contributed by atoms with Gasteiger partial charge in [-0.25, -0.2) is 4.79 Å². The van der Waals surface area contributed by atoms with Gasteiger partial charge in [0, 0.05) is 30.9 Å². The maximum absolute atomic E-state index is 11.6. The Balaban J connectivity index is 1.87. The van der Waals surface area contributed by atoms with Gasteiger partial charge in [-0.15, -0.1) is 0 Å². The zero-order valence-corrected chi connectivity index (χ0v) is 11.6. The number of H-pyrrole nitrogens is 1. The lowest BCUT2D eigenvalue weighted by Crippen LogP contribution is -2.36. The van der Waals surface area contributed by atoms with Gasteiger partial charge in [0.2, 0.25) is 0 Å². The second-order valence-electron chi connectivity index (χ2n) is 5.41. The summed E-state index contributed by atoms with van der Waals surface area (Å²) >= 11 is 0. The van der Waals surface area contributed by atoms with E-state index in [0.717, 1.165) is 6.54 Å². The summed E-state index contributed by atoms with van der Waals surface area (Å²) < 4.78 is 1.57. The third kappa shape index (κ3) is 4.06. The van der Waals surface area contributed by atoms with Gasteiger partial charge in [-0.3, -0.25) is 14.3 Å². The SMILES string of the molecule is Cc1cn(CCNC2CCCCCC2)c(=O)[nH]c1=O. The van der Waals surface area contributed by atoms with Crippen molar-refractivity contribution in [3.8, 4) is 0 Å². The minimum atomic E-state index is -0.321. The Hall–Kier alpha value is -1.36. The van der Waals surface area contributed by atoms with Gasteiger partial charge in [0.1, 0.15) is 0 Å². The molecule has 5 nitrogen and oxygen atoms in total. The van der Waals surface area contributed by atoms with Crippen LogP contribution in [0.1, 0.15) is 44.1 Å². The van der Waals surface area contributed by atoms with Crippen LogP contribution < -0.4 is 16.6 Å². The Kier molecular flexibility index (Phi) is 4.96. The molecular formula is C14H23N3O2. The van der Waals surface area contributed by atoms with E-state index in [1.165, 1.54) is 38.5 Å². The van der Waals surface area contributed by atoms with Crippen LogP contribution in [0.2, 0.25) is 0 Å². The molecule has 1 aliphatic rings. The third-order valence-corrected chi connectivity index (χ3v) is 3.83. The van der Waals surface area contributed by atoms with Crippen LogP contribution in [0.25, 0.3) is 0 Å². The number of rotatable bonds is 4. The molecule has 1 aromatic rings. The van der Waals surface area contributed by atoms with Crippen LogP contribution in [0.5, 0.6) is 0 Å². The smallest absolute Gasteiger partial charge is 0.312 e. The summed E-state index contributed by atoms with van der Waals surface area (Å²) in [6.07, 6.45) is 9.40. The Morgan fingerprint density at radius 1 is 1.26 bits per heavy atom. The number of nitrogens with zero attached hydrogens (tertiary/aromatic N) is 1. The van der Waals surface area contributed by atoms with Gasteiger partial charge in [0.15, 0.2) is 0 Å². The molecule has 19 heavy (non-hydrogen) atoms. The first-order chi connectivity index (χ1) is 9.16. The summed E-state index contributed by atoms with van der Waals surface area (Å²) in [4.78, 5) is 25.2. The number of aromatic nitrogens is 2. The van der Waals surface area contributed by atoms with Crippen LogP contribution >= 0.6 is 0 Å². The molecule has 1 fully saturated rings. The largest absolute Gasteiger partial charge is 0.328 e. The van der Waals surface area contributed by atoms with Crippen molar-refractivity contribution in [3.05, 3.63) is 32.6 Å². The first-order valence-electron chi connectivity index (χ1n) is 7.20. The lowest BCUT2D eigenvalue weighted by atomic mass is 10.1. The van der Waals surface area contributed by atoms with E-state index in [4.69, 9.17) is 0 Å². The van der Waals surface area contributed by atoms with Crippen molar-refractivity contribution >= 4 is 0 Å². The van der Waals surface area contributed by atoms with Crippen LogP contribution in [0.4, 0.5) is 0 Å². The Labute approximate surface area is 113 Å². The second-order valence-corrected chi connectivity index (χ2v) is 5.41. The maximum atomic E-state index is 11.6. The molecule has 0 atom stereocenters. The second kappa shape index (κ2) is 6.70. The monoisotopic (exact) mass is 265 g/mol. The molecule has 0 amide bonds. The van der Waals surface area contributed by atoms with Gasteiger partial charge in [-0.05, 0) is 19.8 Å². The molecule has 1 aromatic heterocycles. The highest BCUT2D eigenvalue weighted by Gasteiger charge is 2.11. The predicted octanol–water partition coefficient (Wildman–Crippen LogP) is 1.16. The first kappa shape index (κ1) is 14.1. The lowest BCUT2D eigenvalue weighted by molar-refractivity contribution is 0.441. The highest BCUT2D eigenvalue weighted by atomic mass is 16.2.